The molecule has 2 heterocycles. The lowest BCUT2D eigenvalue weighted by atomic mass is 9.73. The number of amides is 1. The van der Waals surface area contributed by atoms with Crippen molar-refractivity contribution in [1.82, 2.24) is 4.90 Å². The highest BCUT2D eigenvalue weighted by Crippen LogP contribution is 2.54. The van der Waals surface area contributed by atoms with Crippen LogP contribution in [0.3, 0.4) is 0 Å². The van der Waals surface area contributed by atoms with Crippen LogP contribution in [0, 0.1) is 29.5 Å². The number of fused-ring (bicyclic) bond motifs is 6. The van der Waals surface area contributed by atoms with Gasteiger partial charge in [0.1, 0.15) is 16.5 Å². The highest BCUT2D eigenvalue weighted by Gasteiger charge is 2.60. The Kier molecular flexibility index (Phi) is 6.05. The van der Waals surface area contributed by atoms with Crippen LogP contribution in [0.25, 0.3) is 0 Å². The number of nitrogens with zero attached hydrogens (tertiary/aromatic N) is 2. The van der Waals surface area contributed by atoms with Gasteiger partial charge in [-0.2, -0.15) is 8.42 Å². The zero-order valence-corrected chi connectivity index (χ0v) is 23.0. The average Bonchev–Trinajstić information content (AvgIpc) is 3.46. The van der Waals surface area contributed by atoms with Crippen molar-refractivity contribution in [2.24, 2.45) is 28.1 Å². The fourth-order valence-electron chi connectivity index (χ4n) is 6.59. The number of amidine groups is 1. The maximum absolute atomic E-state index is 13.9. The second-order valence-electron chi connectivity index (χ2n) is 10.6. The quantitative estimate of drug-likeness (QED) is 0.507. The molecule has 39 heavy (non-hydrogen) atoms. The first kappa shape index (κ1) is 26.2. The number of hydrogen-bond donors (Lipinski definition) is 2. The van der Waals surface area contributed by atoms with Gasteiger partial charge in [-0.15, -0.1) is 4.40 Å². The van der Waals surface area contributed by atoms with Crippen LogP contribution in [0.2, 0.25) is 5.02 Å². The molecule has 10 nitrogen and oxygen atoms in total. The van der Waals surface area contributed by atoms with E-state index < -0.39 is 43.6 Å². The first-order valence-corrected chi connectivity index (χ1v) is 16.1. The summed E-state index contributed by atoms with van der Waals surface area (Å²) >= 11 is 5.98. The molecule has 2 N–H and O–H groups in total. The topological polar surface area (TPSA) is 142 Å². The summed E-state index contributed by atoms with van der Waals surface area (Å²) in [6, 6.07) is 7.70. The van der Waals surface area contributed by atoms with Gasteiger partial charge in [-0.05, 0) is 67.0 Å². The molecule has 2 aromatic carbocycles. The van der Waals surface area contributed by atoms with E-state index in [2.05, 4.69) is 14.4 Å². The molecule has 2 aliphatic carbocycles. The molecule has 2 saturated carbocycles. The Balaban J connectivity index is 1.38. The standard InChI is InChI=1S/C25H24ClFN4O6S2/c1-38(34,35)29-15-5-7-18-19(10-15)39(36,37)30-24(28-18)21-23(32)20-13-3-4-14(9-13)22(20)31(25(21)33)11-12-2-6-17(27)16(26)8-12/h2,5-8,10,13-14,20-22,29H,3-4,9,11H2,1H3,(H,28,30)/t13-,14+,20-,21?,22+/m1/s1. The molecule has 0 spiro atoms. The van der Waals surface area contributed by atoms with E-state index >= 15 is 0 Å². The number of rotatable bonds is 5. The number of Topliss-reactive ketones (excluding diaryl/α,β-unsaturated/α-hetero) is 1. The fourth-order valence-corrected chi connectivity index (χ4v) is 8.53. The molecule has 14 heteroatoms. The Bertz CT molecular complexity index is 1680. The molecule has 0 radical (unpaired) electrons. The third-order valence-corrected chi connectivity index (χ3v) is 10.3. The fraction of sp³-hybridized carbons (Fsp3) is 0.400. The van der Waals surface area contributed by atoms with Crippen LogP contribution in [0.5, 0.6) is 0 Å². The number of hydrogen-bond acceptors (Lipinski definition) is 7. The summed E-state index contributed by atoms with van der Waals surface area (Å²) in [6.45, 7) is 0.0874. The minimum Gasteiger partial charge on any atom is -0.341 e. The lowest BCUT2D eigenvalue weighted by molar-refractivity contribution is -0.153. The van der Waals surface area contributed by atoms with Crippen LogP contribution in [0.1, 0.15) is 24.8 Å². The lowest BCUT2D eigenvalue weighted by Crippen LogP contribution is -2.61. The van der Waals surface area contributed by atoms with Crippen molar-refractivity contribution in [3.63, 3.8) is 0 Å². The number of halogens is 2. The van der Waals surface area contributed by atoms with Crippen molar-refractivity contribution in [2.75, 3.05) is 16.3 Å². The number of nitrogens with one attached hydrogen (secondary N) is 2. The smallest absolute Gasteiger partial charge is 0.286 e. The highest BCUT2D eigenvalue weighted by molar-refractivity contribution is 7.92. The van der Waals surface area contributed by atoms with Gasteiger partial charge in [-0.3, -0.25) is 14.3 Å². The number of piperidine rings is 1. The summed E-state index contributed by atoms with van der Waals surface area (Å²) in [7, 11) is -8.03. The van der Waals surface area contributed by atoms with Crippen LogP contribution < -0.4 is 10.0 Å². The van der Waals surface area contributed by atoms with Gasteiger partial charge in [0.05, 0.1) is 17.0 Å². The minimum absolute atomic E-state index is 0.0269. The van der Waals surface area contributed by atoms with E-state index in [-0.39, 0.29) is 57.3 Å². The predicted molar refractivity (Wildman–Crippen MR) is 142 cm³/mol. The molecule has 4 aliphatic rings. The first-order chi connectivity index (χ1) is 18.3. The molecule has 6 rings (SSSR count). The highest BCUT2D eigenvalue weighted by atomic mass is 35.5. The van der Waals surface area contributed by atoms with Crippen LogP contribution in [-0.4, -0.2) is 51.6 Å². The van der Waals surface area contributed by atoms with E-state index in [0.717, 1.165) is 31.6 Å². The van der Waals surface area contributed by atoms with Gasteiger partial charge in [-0.1, -0.05) is 17.7 Å². The van der Waals surface area contributed by atoms with Crippen LogP contribution >= 0.6 is 11.6 Å². The third-order valence-electron chi connectivity index (χ3n) is 8.03. The minimum atomic E-state index is -4.38. The summed E-state index contributed by atoms with van der Waals surface area (Å²) in [4.78, 5) is 29.1. The molecule has 1 saturated heterocycles. The number of ketones is 1. The zero-order valence-electron chi connectivity index (χ0n) is 20.6. The van der Waals surface area contributed by atoms with Crippen LogP contribution in [0.4, 0.5) is 15.8 Å². The second-order valence-corrected chi connectivity index (χ2v) is 14.3. The molecule has 3 fully saturated rings. The Labute approximate surface area is 229 Å². The monoisotopic (exact) mass is 594 g/mol. The van der Waals surface area contributed by atoms with E-state index in [0.29, 0.717) is 5.56 Å². The van der Waals surface area contributed by atoms with Crippen LogP contribution in [-0.2, 0) is 36.2 Å². The number of carbonyl (C=O) groups is 2. The number of likely N-dealkylation sites (tertiary alicyclic amines) is 1. The van der Waals surface area contributed by atoms with Crippen LogP contribution in [0.15, 0.2) is 45.7 Å². The SMILES string of the molecule is CS(=O)(=O)Nc1ccc2c(c1)S(=O)(=O)N=C(C1C(=O)[C@@H]3[C@@H]4CC[C@@H](C4)[C@@H]3N(Cc3ccc(F)c(Cl)c3)C1=O)N2. The van der Waals surface area contributed by atoms with Gasteiger partial charge in [0.15, 0.2) is 11.7 Å². The largest absolute Gasteiger partial charge is 0.341 e. The molecule has 2 aromatic rings. The molecule has 5 atom stereocenters. The van der Waals surface area contributed by atoms with E-state index in [1.807, 2.05) is 0 Å². The van der Waals surface area contributed by atoms with Crippen molar-refractivity contribution in [3.8, 4) is 0 Å². The Morgan fingerprint density at radius 2 is 1.90 bits per heavy atom. The molecule has 2 aliphatic heterocycles. The Morgan fingerprint density at radius 3 is 2.62 bits per heavy atom. The lowest BCUT2D eigenvalue weighted by Gasteiger charge is -2.45. The van der Waals surface area contributed by atoms with Gasteiger partial charge in [0.2, 0.25) is 15.9 Å². The Morgan fingerprint density at radius 1 is 1.15 bits per heavy atom. The van der Waals surface area contributed by atoms with Crippen molar-refractivity contribution in [2.45, 2.75) is 36.7 Å². The average molecular weight is 595 g/mol. The van der Waals surface area contributed by atoms with E-state index in [9.17, 15) is 30.8 Å². The van der Waals surface area contributed by atoms with Gasteiger partial charge >= 0.3 is 0 Å². The van der Waals surface area contributed by atoms with E-state index in [1.54, 1.807) is 4.90 Å². The van der Waals surface area contributed by atoms with Gasteiger partial charge in [-0.25, -0.2) is 12.8 Å². The molecule has 206 valence electrons. The third kappa shape index (κ3) is 4.49. The summed E-state index contributed by atoms with van der Waals surface area (Å²) in [6.07, 6.45) is 3.48. The summed E-state index contributed by atoms with van der Waals surface area (Å²) < 4.78 is 69.3. The second kappa shape index (κ2) is 9.00. The molecule has 2 bridgehead atoms. The summed E-state index contributed by atoms with van der Waals surface area (Å²) in [5.74, 6) is -3.49. The molecular weight excluding hydrogens is 571 g/mol. The maximum Gasteiger partial charge on any atom is 0.286 e. The molecular formula is C25H24ClFN4O6S2. The maximum atomic E-state index is 13.9. The molecule has 0 aromatic heterocycles. The normalized spacial score (nSPS) is 28.9. The number of anilines is 2. The van der Waals surface area contributed by atoms with Gasteiger partial charge in [0, 0.05) is 24.2 Å². The van der Waals surface area contributed by atoms with Crippen molar-refractivity contribution < 1.29 is 30.8 Å². The Hall–Kier alpha value is -3.03. The predicted octanol–water partition coefficient (Wildman–Crippen LogP) is 3.01. The van der Waals surface area contributed by atoms with Crippen molar-refractivity contribution in [1.29, 1.82) is 0 Å². The zero-order chi connectivity index (χ0) is 27.9. The summed E-state index contributed by atoms with van der Waals surface area (Å²) in [5.41, 5.74) is 0.692. The summed E-state index contributed by atoms with van der Waals surface area (Å²) in [5, 5.41) is 2.77. The van der Waals surface area contributed by atoms with Crippen molar-refractivity contribution >= 4 is 60.5 Å². The number of carbonyl (C=O) groups excluding carboxylic acids is 2. The first-order valence-electron chi connectivity index (χ1n) is 12.3. The number of sulfonamides is 2. The van der Waals surface area contributed by atoms with E-state index in [4.69, 9.17) is 11.6 Å². The molecule has 1 amide bonds. The molecule has 1 unspecified atom stereocenters. The van der Waals surface area contributed by atoms with Gasteiger partial charge < -0.3 is 10.2 Å². The van der Waals surface area contributed by atoms with Gasteiger partial charge in [0.25, 0.3) is 10.0 Å². The number of benzene rings is 2. The van der Waals surface area contributed by atoms with Crippen molar-refractivity contribution in [3.05, 3.63) is 52.8 Å². The van der Waals surface area contributed by atoms with E-state index in [1.165, 1.54) is 30.3 Å².